The van der Waals surface area contributed by atoms with Gasteiger partial charge in [-0.3, -0.25) is 0 Å². The number of nitrogens with one attached hydrogen (secondary N) is 2. The van der Waals surface area contributed by atoms with Crippen LogP contribution in [0.3, 0.4) is 0 Å². The molecule has 0 aromatic carbocycles. The van der Waals surface area contributed by atoms with Crippen LogP contribution in [-0.4, -0.2) is 24.7 Å². The maximum atomic E-state index is 3.80. The monoisotopic (exact) mass is 210 g/mol. The molecule has 2 heterocycles. The van der Waals surface area contributed by atoms with E-state index in [1.165, 1.54) is 0 Å². The zero-order chi connectivity index (χ0) is 11.5. The molecule has 2 heteroatoms. The van der Waals surface area contributed by atoms with Crippen molar-refractivity contribution in [2.75, 3.05) is 13.1 Å². The van der Waals surface area contributed by atoms with E-state index in [-0.39, 0.29) is 5.54 Å². The van der Waals surface area contributed by atoms with Gasteiger partial charge in [-0.15, -0.1) is 0 Å². The zero-order valence-corrected chi connectivity index (χ0v) is 11.1. The summed E-state index contributed by atoms with van der Waals surface area (Å²) >= 11 is 0. The van der Waals surface area contributed by atoms with Gasteiger partial charge in [0.15, 0.2) is 0 Å². The molecule has 2 rings (SSSR count). The van der Waals surface area contributed by atoms with Crippen LogP contribution in [0.15, 0.2) is 0 Å². The summed E-state index contributed by atoms with van der Waals surface area (Å²) in [5, 5.41) is 7.50. The third-order valence-corrected chi connectivity index (χ3v) is 4.49. The Balaban J connectivity index is 2.39. The lowest BCUT2D eigenvalue weighted by molar-refractivity contribution is 0.0727. The third-order valence-electron chi connectivity index (χ3n) is 4.49. The van der Waals surface area contributed by atoms with Crippen molar-refractivity contribution in [2.24, 2.45) is 16.7 Å². The van der Waals surface area contributed by atoms with E-state index in [1.807, 2.05) is 0 Å². The van der Waals surface area contributed by atoms with Gasteiger partial charge in [0.25, 0.3) is 0 Å². The molecular weight excluding hydrogens is 184 g/mol. The van der Waals surface area contributed by atoms with E-state index in [9.17, 15) is 0 Å². The third kappa shape index (κ3) is 1.45. The quantitative estimate of drug-likeness (QED) is 0.639. The van der Waals surface area contributed by atoms with Crippen molar-refractivity contribution in [1.29, 1.82) is 0 Å². The fourth-order valence-corrected chi connectivity index (χ4v) is 3.86. The highest BCUT2D eigenvalue weighted by Gasteiger charge is 2.61. The minimum absolute atomic E-state index is 0.288. The van der Waals surface area contributed by atoms with Crippen molar-refractivity contribution in [2.45, 2.75) is 53.1 Å². The van der Waals surface area contributed by atoms with E-state index in [0.29, 0.717) is 16.9 Å². The van der Waals surface area contributed by atoms with Gasteiger partial charge in [-0.25, -0.2) is 0 Å². The van der Waals surface area contributed by atoms with Gasteiger partial charge in [0.1, 0.15) is 0 Å². The molecule has 0 aliphatic carbocycles. The molecule has 0 aromatic rings. The number of fused-ring (bicyclic) bond motifs is 2. The van der Waals surface area contributed by atoms with Gasteiger partial charge in [0, 0.05) is 30.6 Å². The molecule has 2 fully saturated rings. The molecule has 0 saturated carbocycles. The predicted molar refractivity (Wildman–Crippen MR) is 64.9 cm³/mol. The summed E-state index contributed by atoms with van der Waals surface area (Å²) in [6, 6.07) is 0.671. The average molecular weight is 210 g/mol. The summed E-state index contributed by atoms with van der Waals surface area (Å²) in [6.07, 6.45) is 0. The lowest BCUT2D eigenvalue weighted by Gasteiger charge is -2.47. The van der Waals surface area contributed by atoms with Gasteiger partial charge < -0.3 is 10.6 Å². The van der Waals surface area contributed by atoms with Gasteiger partial charge in [0.2, 0.25) is 0 Å². The van der Waals surface area contributed by atoms with Crippen LogP contribution in [0.4, 0.5) is 0 Å². The number of piperazine rings is 1. The van der Waals surface area contributed by atoms with Crippen molar-refractivity contribution in [3.8, 4) is 0 Å². The molecule has 0 amide bonds. The zero-order valence-electron chi connectivity index (χ0n) is 11.1. The first-order valence-corrected chi connectivity index (χ1v) is 6.17. The van der Waals surface area contributed by atoms with Gasteiger partial charge >= 0.3 is 0 Å². The molecule has 15 heavy (non-hydrogen) atoms. The summed E-state index contributed by atoms with van der Waals surface area (Å²) in [4.78, 5) is 0. The van der Waals surface area contributed by atoms with Crippen molar-refractivity contribution in [1.82, 2.24) is 10.6 Å². The largest absolute Gasteiger partial charge is 0.310 e. The van der Waals surface area contributed by atoms with Crippen LogP contribution < -0.4 is 10.6 Å². The topological polar surface area (TPSA) is 24.1 Å². The summed E-state index contributed by atoms with van der Waals surface area (Å²) in [7, 11) is 0. The molecule has 2 saturated heterocycles. The second-order valence-electron chi connectivity index (χ2n) is 7.43. The van der Waals surface area contributed by atoms with Crippen LogP contribution in [0.1, 0.15) is 41.5 Å². The van der Waals surface area contributed by atoms with E-state index >= 15 is 0 Å². The highest BCUT2D eigenvalue weighted by atomic mass is 15.2. The number of rotatable bonds is 0. The summed E-state index contributed by atoms with van der Waals surface area (Å²) < 4.78 is 0. The van der Waals surface area contributed by atoms with Gasteiger partial charge in [-0.05, 0) is 10.8 Å². The van der Waals surface area contributed by atoms with Crippen LogP contribution in [0, 0.1) is 16.7 Å². The van der Waals surface area contributed by atoms with Gasteiger partial charge in [-0.2, -0.15) is 0 Å². The van der Waals surface area contributed by atoms with Crippen LogP contribution >= 0.6 is 0 Å². The molecule has 2 aliphatic heterocycles. The minimum Gasteiger partial charge on any atom is -0.310 e. The number of hydrogen-bond acceptors (Lipinski definition) is 2. The molecule has 3 atom stereocenters. The van der Waals surface area contributed by atoms with E-state index in [4.69, 9.17) is 0 Å². The van der Waals surface area contributed by atoms with Crippen LogP contribution in [-0.2, 0) is 0 Å². The lowest BCUT2D eigenvalue weighted by atomic mass is 9.61. The maximum Gasteiger partial charge on any atom is 0.0404 e. The Hall–Kier alpha value is -0.0800. The maximum absolute atomic E-state index is 3.80. The molecule has 2 bridgehead atoms. The van der Waals surface area contributed by atoms with Crippen LogP contribution in [0.5, 0.6) is 0 Å². The Morgan fingerprint density at radius 2 is 1.67 bits per heavy atom. The van der Waals surface area contributed by atoms with Crippen molar-refractivity contribution in [3.63, 3.8) is 0 Å². The van der Waals surface area contributed by atoms with Crippen molar-refractivity contribution < 1.29 is 0 Å². The Kier molecular flexibility index (Phi) is 2.27. The Bertz CT molecular complexity index is 249. The van der Waals surface area contributed by atoms with Crippen molar-refractivity contribution in [3.05, 3.63) is 0 Å². The minimum atomic E-state index is 0.288. The van der Waals surface area contributed by atoms with Crippen LogP contribution in [0.2, 0.25) is 0 Å². The second kappa shape index (κ2) is 2.98. The first-order chi connectivity index (χ1) is 6.68. The first kappa shape index (κ1) is 11.4. The first-order valence-electron chi connectivity index (χ1n) is 6.17. The molecule has 0 aromatic heterocycles. The standard InChI is InChI=1S/C13H26N2/c1-11(2,3)10-9-7-15-13(10,8-14-9)12(4,5)6/h9-10,14-15H,7-8H2,1-6H3/t9-,10?,13-/m1/s1. The summed E-state index contributed by atoms with van der Waals surface area (Å²) in [5.74, 6) is 0.741. The Morgan fingerprint density at radius 3 is 1.93 bits per heavy atom. The molecule has 2 N–H and O–H groups in total. The Morgan fingerprint density at radius 1 is 1.07 bits per heavy atom. The molecular formula is C13H26N2. The molecule has 0 spiro atoms. The summed E-state index contributed by atoms with van der Waals surface area (Å²) in [6.45, 7) is 16.5. The predicted octanol–water partition coefficient (Wildman–Crippen LogP) is 2.01. The molecule has 88 valence electrons. The SMILES string of the molecule is CC(C)(C)C1[C@H]2CN[C@]1(C(C)(C)C)CN2. The molecule has 2 nitrogen and oxygen atoms in total. The normalized spacial score (nSPS) is 41.2. The number of hydrogen-bond donors (Lipinski definition) is 2. The second-order valence-corrected chi connectivity index (χ2v) is 7.43. The highest BCUT2D eigenvalue weighted by Crippen LogP contribution is 2.51. The van der Waals surface area contributed by atoms with Crippen LogP contribution in [0.25, 0.3) is 0 Å². The van der Waals surface area contributed by atoms with E-state index in [1.54, 1.807) is 0 Å². The van der Waals surface area contributed by atoms with E-state index in [2.05, 4.69) is 52.2 Å². The molecule has 1 unspecified atom stereocenters. The van der Waals surface area contributed by atoms with Gasteiger partial charge in [0.05, 0.1) is 0 Å². The van der Waals surface area contributed by atoms with Gasteiger partial charge in [-0.1, -0.05) is 41.5 Å². The highest BCUT2D eigenvalue weighted by molar-refractivity contribution is 5.20. The summed E-state index contributed by atoms with van der Waals surface area (Å²) in [5.41, 5.74) is 0.990. The lowest BCUT2D eigenvalue weighted by Crippen LogP contribution is -2.60. The fourth-order valence-electron chi connectivity index (χ4n) is 3.86. The smallest absolute Gasteiger partial charge is 0.0404 e. The average Bonchev–Trinajstić information content (AvgIpc) is 2.55. The molecule has 0 radical (unpaired) electrons. The fraction of sp³-hybridized carbons (Fsp3) is 1.00. The molecule has 2 aliphatic rings. The van der Waals surface area contributed by atoms with Crippen molar-refractivity contribution >= 4 is 0 Å². The van der Waals surface area contributed by atoms with E-state index < -0.39 is 0 Å². The Labute approximate surface area is 94.2 Å². The van der Waals surface area contributed by atoms with E-state index in [0.717, 1.165) is 19.0 Å².